The average Bonchev–Trinajstić information content (AvgIpc) is 2.43. The van der Waals surface area contributed by atoms with Crippen molar-refractivity contribution in [2.75, 3.05) is 0 Å². The monoisotopic (exact) mass is 230 g/mol. The minimum absolute atomic E-state index is 0.268. The molecular formula is C17H10O. The van der Waals surface area contributed by atoms with Crippen LogP contribution in [0.1, 0.15) is 10.4 Å². The highest BCUT2D eigenvalue weighted by Crippen LogP contribution is 2.25. The molecule has 0 fully saturated rings. The number of carbonyl (C=O) groups is 1. The van der Waals surface area contributed by atoms with Gasteiger partial charge in [0.05, 0.1) is 0 Å². The summed E-state index contributed by atoms with van der Waals surface area (Å²) in [7, 11) is 0. The molecule has 0 saturated heterocycles. The van der Waals surface area contributed by atoms with E-state index < -0.39 is 0 Å². The molecule has 0 atom stereocenters. The zero-order chi connectivity index (χ0) is 12.5. The quantitative estimate of drug-likeness (QED) is 0.269. The summed E-state index contributed by atoms with van der Waals surface area (Å²) in [6.07, 6.45) is 5.21. The number of fused-ring (bicyclic) bond motifs is 2. The molecule has 0 heterocycles. The number of hydrogen-bond acceptors (Lipinski definition) is 1. The highest BCUT2D eigenvalue weighted by Gasteiger charge is 2.07. The van der Waals surface area contributed by atoms with Crippen LogP contribution >= 0.6 is 0 Å². The zero-order valence-electron chi connectivity index (χ0n) is 9.68. The minimum atomic E-state index is -0.268. The molecule has 0 radical (unpaired) electrons. The van der Waals surface area contributed by atoms with E-state index in [9.17, 15) is 4.79 Å². The molecule has 0 amide bonds. The van der Waals surface area contributed by atoms with E-state index in [1.807, 2.05) is 36.4 Å². The molecule has 0 saturated carbocycles. The predicted molar refractivity (Wildman–Crippen MR) is 74.6 cm³/mol. The molecule has 0 bridgehead atoms. The van der Waals surface area contributed by atoms with Gasteiger partial charge in [-0.2, -0.15) is 0 Å². The molecule has 0 aliphatic carbocycles. The first-order valence-electron chi connectivity index (χ1n) is 5.72. The lowest BCUT2D eigenvalue weighted by atomic mass is 9.98. The van der Waals surface area contributed by atoms with Crippen LogP contribution in [0.5, 0.6) is 0 Å². The Labute approximate surface area is 105 Å². The normalized spacial score (nSPS) is 10.4. The van der Waals surface area contributed by atoms with Gasteiger partial charge in [-0.3, -0.25) is 4.79 Å². The minimum Gasteiger partial charge on any atom is -0.279 e. The summed E-state index contributed by atoms with van der Waals surface area (Å²) < 4.78 is 0. The second kappa shape index (κ2) is 4.01. The SMILES string of the molecule is C#CC(=O)c1cccc2cc3ccccc3cc12. The Balaban J connectivity index is 2.44. The maximum absolute atomic E-state index is 11.7. The molecule has 3 rings (SSSR count). The largest absolute Gasteiger partial charge is 0.279 e. The lowest BCUT2D eigenvalue weighted by Crippen LogP contribution is -1.95. The molecule has 0 aliphatic rings. The Morgan fingerprint density at radius 1 is 0.889 bits per heavy atom. The van der Waals surface area contributed by atoms with Gasteiger partial charge >= 0.3 is 0 Å². The Bertz CT molecular complexity index is 807. The van der Waals surface area contributed by atoms with Crippen LogP contribution in [0.4, 0.5) is 0 Å². The molecule has 1 heteroatoms. The maximum atomic E-state index is 11.7. The van der Waals surface area contributed by atoms with Gasteiger partial charge in [-0.15, -0.1) is 6.42 Å². The third kappa shape index (κ3) is 1.56. The van der Waals surface area contributed by atoms with Crippen LogP contribution in [0.2, 0.25) is 0 Å². The van der Waals surface area contributed by atoms with Crippen LogP contribution in [-0.4, -0.2) is 5.78 Å². The first kappa shape index (κ1) is 10.6. The number of benzene rings is 3. The third-order valence-corrected chi connectivity index (χ3v) is 3.12. The van der Waals surface area contributed by atoms with E-state index in [-0.39, 0.29) is 5.78 Å². The number of Topliss-reactive ketones (excluding diaryl/α,β-unsaturated/α-hetero) is 1. The van der Waals surface area contributed by atoms with Crippen LogP contribution in [0.25, 0.3) is 21.5 Å². The fourth-order valence-electron chi connectivity index (χ4n) is 2.24. The summed E-state index contributed by atoms with van der Waals surface area (Å²) in [6, 6.07) is 17.8. The van der Waals surface area contributed by atoms with Crippen molar-refractivity contribution in [2.45, 2.75) is 0 Å². The maximum Gasteiger partial charge on any atom is 0.236 e. The average molecular weight is 230 g/mol. The van der Waals surface area contributed by atoms with Gasteiger partial charge < -0.3 is 0 Å². The van der Waals surface area contributed by atoms with Crippen molar-refractivity contribution in [1.82, 2.24) is 0 Å². The van der Waals surface area contributed by atoms with Gasteiger partial charge in [0.2, 0.25) is 5.78 Å². The summed E-state index contributed by atoms with van der Waals surface area (Å²) in [5.41, 5.74) is 0.598. The summed E-state index contributed by atoms with van der Waals surface area (Å²) in [5, 5.41) is 4.23. The molecule has 3 aromatic rings. The smallest absolute Gasteiger partial charge is 0.236 e. The van der Waals surface area contributed by atoms with E-state index in [1.165, 1.54) is 0 Å². The van der Waals surface area contributed by atoms with E-state index >= 15 is 0 Å². The molecular weight excluding hydrogens is 220 g/mol. The van der Waals surface area contributed by atoms with Gasteiger partial charge in [0, 0.05) is 5.56 Å². The molecule has 0 spiro atoms. The van der Waals surface area contributed by atoms with Crippen molar-refractivity contribution in [1.29, 1.82) is 0 Å². The van der Waals surface area contributed by atoms with E-state index in [0.717, 1.165) is 21.5 Å². The second-order valence-corrected chi connectivity index (χ2v) is 4.20. The van der Waals surface area contributed by atoms with Crippen molar-refractivity contribution in [3.05, 3.63) is 60.2 Å². The summed E-state index contributed by atoms with van der Waals surface area (Å²) >= 11 is 0. The summed E-state index contributed by atoms with van der Waals surface area (Å²) in [6.45, 7) is 0. The first-order chi connectivity index (χ1) is 8.79. The highest BCUT2D eigenvalue weighted by atomic mass is 16.1. The molecule has 0 N–H and O–H groups in total. The van der Waals surface area contributed by atoms with E-state index in [2.05, 4.69) is 18.1 Å². The molecule has 3 aromatic carbocycles. The number of terminal acetylenes is 1. The second-order valence-electron chi connectivity index (χ2n) is 4.20. The third-order valence-electron chi connectivity index (χ3n) is 3.12. The van der Waals surface area contributed by atoms with Gasteiger partial charge in [-0.1, -0.05) is 36.4 Å². The fourth-order valence-corrected chi connectivity index (χ4v) is 2.24. The van der Waals surface area contributed by atoms with Crippen LogP contribution in [-0.2, 0) is 0 Å². The number of hydrogen-bond donors (Lipinski definition) is 0. The van der Waals surface area contributed by atoms with Crippen molar-refractivity contribution < 1.29 is 4.79 Å². The van der Waals surface area contributed by atoms with Crippen molar-refractivity contribution in [3.63, 3.8) is 0 Å². The molecule has 0 unspecified atom stereocenters. The zero-order valence-corrected chi connectivity index (χ0v) is 9.68. The van der Waals surface area contributed by atoms with Crippen molar-refractivity contribution in [2.24, 2.45) is 0 Å². The van der Waals surface area contributed by atoms with Gasteiger partial charge in [0.1, 0.15) is 0 Å². The van der Waals surface area contributed by atoms with Crippen molar-refractivity contribution >= 4 is 27.3 Å². The lowest BCUT2D eigenvalue weighted by molar-refractivity contribution is 0.105. The molecule has 84 valence electrons. The van der Waals surface area contributed by atoms with Crippen LogP contribution < -0.4 is 0 Å². The number of ketones is 1. The molecule has 0 aromatic heterocycles. The number of carbonyl (C=O) groups excluding carboxylic acids is 1. The fraction of sp³-hybridized carbons (Fsp3) is 0. The van der Waals surface area contributed by atoms with Gasteiger partial charge in [-0.25, -0.2) is 0 Å². The van der Waals surface area contributed by atoms with Crippen LogP contribution in [0.3, 0.4) is 0 Å². The predicted octanol–water partition coefficient (Wildman–Crippen LogP) is 3.81. The van der Waals surface area contributed by atoms with E-state index in [4.69, 9.17) is 6.42 Å². The Hall–Kier alpha value is -2.59. The molecule has 1 nitrogen and oxygen atoms in total. The Kier molecular flexibility index (Phi) is 2.35. The molecule has 0 aliphatic heterocycles. The first-order valence-corrected chi connectivity index (χ1v) is 5.72. The standard InChI is InChI=1S/C17H10O/c1-2-17(18)15-9-5-8-14-10-12-6-3-4-7-13(12)11-16(14)15/h1,3-11H. The van der Waals surface area contributed by atoms with E-state index in [1.54, 1.807) is 6.07 Å². The summed E-state index contributed by atoms with van der Waals surface area (Å²) in [4.78, 5) is 11.7. The van der Waals surface area contributed by atoms with Gasteiger partial charge in [-0.05, 0) is 45.7 Å². The van der Waals surface area contributed by atoms with Gasteiger partial charge in [0.25, 0.3) is 0 Å². The lowest BCUT2D eigenvalue weighted by Gasteiger charge is -2.05. The Morgan fingerprint density at radius 2 is 1.56 bits per heavy atom. The van der Waals surface area contributed by atoms with Crippen molar-refractivity contribution in [3.8, 4) is 12.3 Å². The van der Waals surface area contributed by atoms with Gasteiger partial charge in [0.15, 0.2) is 0 Å². The Morgan fingerprint density at radius 3 is 2.28 bits per heavy atom. The van der Waals surface area contributed by atoms with E-state index in [0.29, 0.717) is 5.56 Å². The highest BCUT2D eigenvalue weighted by molar-refractivity contribution is 6.17. The van der Waals surface area contributed by atoms with Crippen LogP contribution in [0.15, 0.2) is 54.6 Å². The number of rotatable bonds is 1. The van der Waals surface area contributed by atoms with Crippen LogP contribution in [0, 0.1) is 12.3 Å². The summed E-state index contributed by atoms with van der Waals surface area (Å²) in [5.74, 6) is 1.91. The molecule has 18 heavy (non-hydrogen) atoms. The topological polar surface area (TPSA) is 17.1 Å².